The van der Waals surface area contributed by atoms with E-state index in [0.717, 1.165) is 6.26 Å². The van der Waals surface area contributed by atoms with Crippen LogP contribution in [0, 0.1) is 0 Å². The molecule has 0 aromatic heterocycles. The zero-order valence-corrected chi connectivity index (χ0v) is 14.4. The van der Waals surface area contributed by atoms with E-state index < -0.39 is 16.4 Å². The lowest BCUT2D eigenvalue weighted by Crippen LogP contribution is -2.26. The molecule has 0 heterocycles. The molecular formula is C17H17F2NO4S. The summed E-state index contributed by atoms with van der Waals surface area (Å²) < 4.78 is 51.3. The number of carbonyl (C=O) groups excluding carboxylic acids is 1. The van der Waals surface area contributed by atoms with Crippen molar-refractivity contribution in [2.24, 2.45) is 0 Å². The Labute approximate surface area is 144 Å². The topological polar surface area (TPSA) is 72.5 Å². The van der Waals surface area contributed by atoms with Gasteiger partial charge in [0, 0.05) is 11.8 Å². The number of hydrogen-bond acceptors (Lipinski definition) is 4. The number of benzene rings is 2. The van der Waals surface area contributed by atoms with Gasteiger partial charge in [-0.2, -0.15) is 8.78 Å². The maximum Gasteiger partial charge on any atom is 0.387 e. The van der Waals surface area contributed by atoms with Crippen molar-refractivity contribution in [2.75, 3.05) is 6.26 Å². The summed E-state index contributed by atoms with van der Waals surface area (Å²) >= 11 is 0. The van der Waals surface area contributed by atoms with E-state index in [4.69, 9.17) is 0 Å². The van der Waals surface area contributed by atoms with Crippen molar-refractivity contribution in [2.45, 2.75) is 24.5 Å². The monoisotopic (exact) mass is 369 g/mol. The lowest BCUT2D eigenvalue weighted by molar-refractivity contribution is -0.0498. The minimum atomic E-state index is -3.32. The molecule has 0 saturated carbocycles. The summed E-state index contributed by atoms with van der Waals surface area (Å²) in [5, 5.41) is 2.75. The SMILES string of the molecule is C[C@@H](NC(=O)c1ccc(S(C)(=O)=O)cc1)c1ccc(OC(F)F)cc1. The Morgan fingerprint density at radius 3 is 2.08 bits per heavy atom. The third kappa shape index (κ3) is 5.25. The van der Waals surface area contributed by atoms with E-state index in [2.05, 4.69) is 10.1 Å². The molecule has 25 heavy (non-hydrogen) atoms. The second-order valence-corrected chi connectivity index (χ2v) is 7.45. The highest BCUT2D eigenvalue weighted by Gasteiger charge is 2.13. The van der Waals surface area contributed by atoms with Gasteiger partial charge in [-0.3, -0.25) is 4.79 Å². The van der Waals surface area contributed by atoms with Gasteiger partial charge < -0.3 is 10.1 Å². The van der Waals surface area contributed by atoms with Crippen LogP contribution in [0.4, 0.5) is 8.78 Å². The molecule has 2 aromatic rings. The van der Waals surface area contributed by atoms with Crippen molar-refractivity contribution in [1.29, 1.82) is 0 Å². The van der Waals surface area contributed by atoms with Gasteiger partial charge >= 0.3 is 6.61 Å². The van der Waals surface area contributed by atoms with Crippen LogP contribution in [0.2, 0.25) is 0 Å². The minimum absolute atomic E-state index is 0.0358. The van der Waals surface area contributed by atoms with Crippen LogP contribution in [0.25, 0.3) is 0 Å². The van der Waals surface area contributed by atoms with Gasteiger partial charge in [-0.1, -0.05) is 12.1 Å². The number of amides is 1. The fourth-order valence-corrected chi connectivity index (χ4v) is 2.79. The van der Waals surface area contributed by atoms with Gasteiger partial charge in [-0.25, -0.2) is 8.42 Å². The van der Waals surface area contributed by atoms with Crippen LogP contribution in [0.1, 0.15) is 28.9 Å². The first-order chi connectivity index (χ1) is 11.7. The predicted octanol–water partition coefficient (Wildman–Crippen LogP) is 3.18. The predicted molar refractivity (Wildman–Crippen MR) is 88.5 cm³/mol. The molecule has 0 fully saturated rings. The van der Waals surface area contributed by atoms with Crippen molar-refractivity contribution in [1.82, 2.24) is 5.32 Å². The molecule has 2 rings (SSSR count). The standard InChI is InChI=1S/C17H17F2NO4S/c1-11(12-3-7-14(8-4-12)24-17(18)19)20-16(21)13-5-9-15(10-6-13)25(2,22)23/h3-11,17H,1-2H3,(H,20,21)/t11-/m1/s1. The van der Waals surface area contributed by atoms with Gasteiger partial charge in [-0.15, -0.1) is 0 Å². The van der Waals surface area contributed by atoms with E-state index in [-0.39, 0.29) is 22.6 Å². The Hall–Kier alpha value is -2.48. The molecule has 0 saturated heterocycles. The molecule has 0 spiro atoms. The highest BCUT2D eigenvalue weighted by atomic mass is 32.2. The van der Waals surface area contributed by atoms with E-state index in [9.17, 15) is 22.0 Å². The van der Waals surface area contributed by atoms with Crippen molar-refractivity contribution in [3.63, 3.8) is 0 Å². The van der Waals surface area contributed by atoms with E-state index in [1.54, 1.807) is 19.1 Å². The third-order valence-electron chi connectivity index (χ3n) is 3.50. The fraction of sp³-hybridized carbons (Fsp3) is 0.235. The second kappa shape index (κ2) is 7.60. The Morgan fingerprint density at radius 1 is 1.04 bits per heavy atom. The Morgan fingerprint density at radius 2 is 1.60 bits per heavy atom. The maximum absolute atomic E-state index is 12.2. The lowest BCUT2D eigenvalue weighted by Gasteiger charge is -2.15. The summed E-state index contributed by atoms with van der Waals surface area (Å²) in [6, 6.07) is 11.2. The van der Waals surface area contributed by atoms with Crippen LogP contribution in [-0.2, 0) is 9.84 Å². The second-order valence-electron chi connectivity index (χ2n) is 5.44. The van der Waals surface area contributed by atoms with Crippen LogP contribution in [0.15, 0.2) is 53.4 Å². The molecule has 8 heteroatoms. The van der Waals surface area contributed by atoms with Gasteiger partial charge in [-0.05, 0) is 48.9 Å². The van der Waals surface area contributed by atoms with Crippen molar-refractivity contribution >= 4 is 15.7 Å². The van der Waals surface area contributed by atoms with Gasteiger partial charge in [0.05, 0.1) is 10.9 Å². The summed E-state index contributed by atoms with van der Waals surface area (Å²) in [6.07, 6.45) is 1.09. The van der Waals surface area contributed by atoms with Gasteiger partial charge in [0.25, 0.3) is 5.91 Å². The highest BCUT2D eigenvalue weighted by molar-refractivity contribution is 7.90. The molecule has 5 nitrogen and oxygen atoms in total. The van der Waals surface area contributed by atoms with Gasteiger partial charge in [0.1, 0.15) is 5.75 Å². The minimum Gasteiger partial charge on any atom is -0.435 e. The van der Waals surface area contributed by atoms with Gasteiger partial charge in [0.15, 0.2) is 9.84 Å². The number of halogens is 2. The van der Waals surface area contributed by atoms with E-state index in [1.165, 1.54) is 36.4 Å². The first kappa shape index (κ1) is 18.9. The van der Waals surface area contributed by atoms with E-state index in [0.29, 0.717) is 11.1 Å². The number of hydrogen-bond donors (Lipinski definition) is 1. The number of rotatable bonds is 6. The summed E-state index contributed by atoms with van der Waals surface area (Å²) in [4.78, 5) is 12.3. The van der Waals surface area contributed by atoms with Crippen molar-refractivity contribution in [3.8, 4) is 5.75 Å². The van der Waals surface area contributed by atoms with Crippen LogP contribution >= 0.6 is 0 Å². The number of carbonyl (C=O) groups is 1. The summed E-state index contributed by atoms with van der Waals surface area (Å²) in [6.45, 7) is -1.15. The zero-order valence-electron chi connectivity index (χ0n) is 13.6. The fourth-order valence-electron chi connectivity index (χ4n) is 2.15. The lowest BCUT2D eigenvalue weighted by atomic mass is 10.1. The third-order valence-corrected chi connectivity index (χ3v) is 4.63. The Balaban J connectivity index is 2.04. The highest BCUT2D eigenvalue weighted by Crippen LogP contribution is 2.19. The van der Waals surface area contributed by atoms with Crippen molar-refractivity contribution < 1.29 is 26.7 Å². The summed E-state index contributed by atoms with van der Waals surface area (Å²) in [7, 11) is -3.32. The first-order valence-corrected chi connectivity index (χ1v) is 9.21. The zero-order chi connectivity index (χ0) is 18.6. The maximum atomic E-state index is 12.2. The van der Waals surface area contributed by atoms with Crippen LogP contribution < -0.4 is 10.1 Å². The van der Waals surface area contributed by atoms with E-state index >= 15 is 0 Å². The largest absolute Gasteiger partial charge is 0.435 e. The molecule has 0 unspecified atom stereocenters. The number of ether oxygens (including phenoxy) is 1. The van der Waals surface area contributed by atoms with Crippen LogP contribution in [0.5, 0.6) is 5.75 Å². The molecule has 0 radical (unpaired) electrons. The molecule has 0 bridgehead atoms. The molecule has 1 atom stereocenters. The first-order valence-electron chi connectivity index (χ1n) is 7.32. The van der Waals surface area contributed by atoms with Crippen molar-refractivity contribution in [3.05, 3.63) is 59.7 Å². The molecule has 1 N–H and O–H groups in total. The molecule has 1 amide bonds. The normalized spacial score (nSPS) is 12.7. The quantitative estimate of drug-likeness (QED) is 0.849. The van der Waals surface area contributed by atoms with Gasteiger partial charge in [0.2, 0.25) is 0 Å². The smallest absolute Gasteiger partial charge is 0.387 e. The van der Waals surface area contributed by atoms with E-state index in [1.807, 2.05) is 0 Å². The van der Waals surface area contributed by atoms with Crippen LogP contribution in [-0.4, -0.2) is 27.2 Å². The summed E-state index contributed by atoms with van der Waals surface area (Å²) in [5.41, 5.74) is 1.03. The molecular weight excluding hydrogens is 352 g/mol. The average molecular weight is 369 g/mol. The Bertz CT molecular complexity index is 834. The number of nitrogens with one attached hydrogen (secondary N) is 1. The average Bonchev–Trinajstić information content (AvgIpc) is 2.54. The molecule has 0 aliphatic heterocycles. The molecule has 134 valence electrons. The number of sulfone groups is 1. The Kier molecular flexibility index (Phi) is 5.73. The summed E-state index contributed by atoms with van der Waals surface area (Å²) in [5.74, 6) is -0.339. The van der Waals surface area contributed by atoms with Crippen LogP contribution in [0.3, 0.4) is 0 Å². The molecule has 0 aliphatic rings. The molecule has 0 aliphatic carbocycles. The molecule has 2 aromatic carbocycles. The number of alkyl halides is 2.